The summed E-state index contributed by atoms with van der Waals surface area (Å²) in [5.41, 5.74) is -0.800. The van der Waals surface area contributed by atoms with Crippen LogP contribution in [0.4, 0.5) is 0 Å². The van der Waals surface area contributed by atoms with Gasteiger partial charge in [-0.3, -0.25) is 0 Å². The molecule has 0 aliphatic rings. The van der Waals surface area contributed by atoms with E-state index in [1.54, 1.807) is 0 Å². The van der Waals surface area contributed by atoms with Gasteiger partial charge in [-0.15, -0.1) is 0 Å². The van der Waals surface area contributed by atoms with Gasteiger partial charge in [0.25, 0.3) is 0 Å². The number of benzene rings is 1. The topological polar surface area (TPSA) is 110 Å². The summed E-state index contributed by atoms with van der Waals surface area (Å²) in [6.07, 6.45) is 27.8. The minimum absolute atomic E-state index is 0. The van der Waals surface area contributed by atoms with Crippen molar-refractivity contribution in [1.29, 1.82) is 0 Å². The van der Waals surface area contributed by atoms with Gasteiger partial charge < -0.3 is 14.0 Å². The van der Waals surface area contributed by atoms with Crippen molar-refractivity contribution >= 4 is 22.1 Å². The molecule has 0 aliphatic heterocycles. The molecule has 0 radical (unpaired) electrons. The molecule has 0 heterocycles. The summed E-state index contributed by atoms with van der Waals surface area (Å²) >= 11 is 0. The molecule has 0 saturated heterocycles. The molecule has 1 aromatic carbocycles. The molecule has 0 atom stereocenters. The Morgan fingerprint density at radius 3 is 1.51 bits per heavy atom. The Bertz CT molecular complexity index is 1050. The van der Waals surface area contributed by atoms with Crippen molar-refractivity contribution in [3.05, 3.63) is 53.6 Å². The number of hydrogen-bond donors (Lipinski definition) is 0. The van der Waals surface area contributed by atoms with Gasteiger partial charge in [-0.2, -0.15) is 0 Å². The van der Waals surface area contributed by atoms with Crippen LogP contribution in [0.5, 0.6) is 0 Å². The van der Waals surface area contributed by atoms with E-state index in [4.69, 9.17) is 9.47 Å². The van der Waals surface area contributed by atoms with Gasteiger partial charge in [-0.25, -0.2) is 18.0 Å². The normalized spacial score (nSPS) is 11.6. The van der Waals surface area contributed by atoms with Crippen LogP contribution in [-0.2, 0) is 19.6 Å². The maximum Gasteiger partial charge on any atom is 1.00 e. The van der Waals surface area contributed by atoms with Crippen LogP contribution in [0.3, 0.4) is 0 Å². The average Bonchev–Trinajstić information content (AvgIpc) is 2.97. The van der Waals surface area contributed by atoms with Crippen molar-refractivity contribution in [3.8, 4) is 0 Å². The third-order valence-electron chi connectivity index (χ3n) is 7.02. The molecule has 0 saturated carbocycles. The van der Waals surface area contributed by atoms with Crippen molar-refractivity contribution < 1.29 is 83.4 Å². The molecule has 0 aromatic heterocycles. The minimum Gasteiger partial charge on any atom is -0.744 e. The summed E-state index contributed by atoms with van der Waals surface area (Å²) < 4.78 is 46.2. The molecule has 0 aliphatic carbocycles. The molecule has 0 fully saturated rings. The number of esters is 2. The Labute approximate surface area is 303 Å². The molecule has 0 spiro atoms. The number of unbranched alkanes of at least 4 members (excludes halogenated alkanes) is 14. The van der Waals surface area contributed by atoms with Crippen molar-refractivity contribution in [3.63, 3.8) is 0 Å². The van der Waals surface area contributed by atoms with Crippen molar-refractivity contribution in [1.82, 2.24) is 0 Å². The predicted octanol–water partition coefficient (Wildman–Crippen LogP) is 6.08. The molecule has 1 rings (SSSR count). The first-order chi connectivity index (χ1) is 20.3. The minimum atomic E-state index is -5.00. The molecule has 7 nitrogen and oxygen atoms in total. The number of carbonyl (C=O) groups is 2. The molecule has 43 heavy (non-hydrogen) atoms. The third-order valence-corrected chi connectivity index (χ3v) is 7.90. The van der Waals surface area contributed by atoms with E-state index in [1.165, 1.54) is 44.2 Å². The predicted molar refractivity (Wildman–Crippen MR) is 168 cm³/mol. The van der Waals surface area contributed by atoms with Crippen molar-refractivity contribution in [2.45, 2.75) is 134 Å². The van der Waals surface area contributed by atoms with Crippen LogP contribution >= 0.6 is 0 Å². The zero-order chi connectivity index (χ0) is 30.9. The summed E-state index contributed by atoms with van der Waals surface area (Å²) in [6.45, 7) is 4.50. The van der Waals surface area contributed by atoms with Crippen LogP contribution in [0.1, 0.15) is 150 Å². The molecule has 1 aromatic rings. The van der Waals surface area contributed by atoms with Crippen molar-refractivity contribution in [2.75, 3.05) is 13.2 Å². The van der Waals surface area contributed by atoms with Gasteiger partial charge in [0.15, 0.2) is 0 Å². The van der Waals surface area contributed by atoms with E-state index in [2.05, 4.69) is 38.2 Å². The number of carbonyl (C=O) groups excluding carboxylic acids is 2. The number of hydrogen-bond acceptors (Lipinski definition) is 7. The maximum atomic E-state index is 12.9. The summed E-state index contributed by atoms with van der Waals surface area (Å²) in [5, 5.41) is 0. The van der Waals surface area contributed by atoms with Gasteiger partial charge >= 0.3 is 63.3 Å². The second kappa shape index (κ2) is 27.5. The van der Waals surface area contributed by atoms with Gasteiger partial charge in [-0.05, 0) is 63.5 Å². The van der Waals surface area contributed by atoms with Crippen LogP contribution in [0.15, 0.2) is 47.4 Å². The van der Waals surface area contributed by atoms with E-state index in [0.717, 1.165) is 76.7 Å². The Morgan fingerprint density at radius 1 is 0.651 bits per heavy atom. The second-order valence-electron chi connectivity index (χ2n) is 10.7. The third kappa shape index (κ3) is 20.8. The SMILES string of the molecule is CC/C=C/CCCCCCCCCOC(=O)c1cccc(S(=O)(=O)[O-])c1C(=O)OCCCCCCCCC/C=C/CC.[K+]. The number of ether oxygens (including phenoxy) is 2. The van der Waals surface area contributed by atoms with E-state index in [1.807, 2.05) is 0 Å². The molecule has 0 amide bonds. The maximum absolute atomic E-state index is 12.9. The van der Waals surface area contributed by atoms with Gasteiger partial charge in [0, 0.05) is 0 Å². The summed E-state index contributed by atoms with van der Waals surface area (Å²) in [4.78, 5) is 24.9. The standard InChI is InChI=1S/C34H54O7S.K/c1-3-5-7-9-11-13-15-17-19-21-23-28-40-33(35)30-26-25-27-31(42(37,38)39)32(30)34(36)41-29-24-22-20-18-16-14-12-10-8-6-4-2;/h5-8,25-27H,3-4,9-24,28-29H2,1-2H3,(H,37,38,39);/q;+1/p-1/b7-5+,8-6+;. The summed E-state index contributed by atoms with van der Waals surface area (Å²) in [7, 11) is -5.00. The Hall–Kier alpha value is -0.814. The first-order valence-corrected chi connectivity index (χ1v) is 17.5. The fraction of sp³-hybridized carbons (Fsp3) is 0.647. The van der Waals surface area contributed by atoms with E-state index < -0.39 is 32.5 Å². The van der Waals surface area contributed by atoms with Crippen LogP contribution in [0.2, 0.25) is 0 Å². The molecular weight excluding hydrogens is 592 g/mol. The van der Waals surface area contributed by atoms with Gasteiger partial charge in [0.1, 0.15) is 10.1 Å². The summed E-state index contributed by atoms with van der Waals surface area (Å²) in [6, 6.07) is 3.57. The Balaban J connectivity index is 0.0000176. The number of allylic oxidation sites excluding steroid dienone is 4. The molecule has 0 N–H and O–H groups in total. The molecule has 238 valence electrons. The quantitative estimate of drug-likeness (QED) is 0.0417. The molecule has 9 heteroatoms. The van der Waals surface area contributed by atoms with Crippen LogP contribution < -0.4 is 51.4 Å². The average molecular weight is 645 g/mol. The first kappa shape index (κ1) is 42.2. The van der Waals surface area contributed by atoms with E-state index >= 15 is 0 Å². The Kier molecular flexibility index (Phi) is 27.0. The first-order valence-electron chi connectivity index (χ1n) is 16.1. The van der Waals surface area contributed by atoms with Gasteiger partial charge in [-0.1, -0.05) is 108 Å². The molecule has 0 bridgehead atoms. The van der Waals surface area contributed by atoms with Crippen LogP contribution in [0, 0.1) is 0 Å². The smallest absolute Gasteiger partial charge is 0.744 e. The largest absolute Gasteiger partial charge is 1.00 e. The van der Waals surface area contributed by atoms with Crippen molar-refractivity contribution in [2.24, 2.45) is 0 Å². The fourth-order valence-electron chi connectivity index (χ4n) is 4.67. The second-order valence-corrected chi connectivity index (χ2v) is 12.0. The Morgan fingerprint density at radius 2 is 1.07 bits per heavy atom. The number of rotatable bonds is 25. The van der Waals surface area contributed by atoms with Gasteiger partial charge in [0.05, 0.1) is 29.2 Å². The van der Waals surface area contributed by atoms with Gasteiger partial charge in [0.2, 0.25) is 0 Å². The molecule has 0 unspecified atom stereocenters. The fourth-order valence-corrected chi connectivity index (χ4v) is 5.35. The monoisotopic (exact) mass is 644 g/mol. The van der Waals surface area contributed by atoms with Crippen LogP contribution in [0.25, 0.3) is 0 Å². The zero-order valence-corrected chi connectivity index (χ0v) is 30.9. The van der Waals surface area contributed by atoms with E-state index in [9.17, 15) is 22.6 Å². The zero-order valence-electron chi connectivity index (χ0n) is 26.9. The summed E-state index contributed by atoms with van der Waals surface area (Å²) in [5.74, 6) is -1.83. The van der Waals surface area contributed by atoms with Crippen LogP contribution in [-0.4, -0.2) is 38.1 Å². The molecular formula is C34H53KO7S. The van der Waals surface area contributed by atoms with E-state index in [0.29, 0.717) is 12.8 Å². The van der Waals surface area contributed by atoms with E-state index in [-0.39, 0.29) is 70.2 Å².